The van der Waals surface area contributed by atoms with Gasteiger partial charge in [-0.2, -0.15) is 0 Å². The summed E-state index contributed by atoms with van der Waals surface area (Å²) in [6, 6.07) is 4.26. The second kappa shape index (κ2) is 5.28. The quantitative estimate of drug-likeness (QED) is 0.855. The number of nitrogen functional groups attached to an aromatic ring is 1. The van der Waals surface area contributed by atoms with Crippen LogP contribution >= 0.6 is 0 Å². The molecule has 2 rings (SSSR count). The van der Waals surface area contributed by atoms with E-state index in [1.807, 2.05) is 4.72 Å². The summed E-state index contributed by atoms with van der Waals surface area (Å²) in [5.41, 5.74) is 4.88. The van der Waals surface area contributed by atoms with Crippen molar-refractivity contribution in [1.29, 1.82) is 0 Å². The molecule has 8 heteroatoms. The first kappa shape index (κ1) is 15.2. The largest absolute Gasteiger partial charge is 0.399 e. The SMILES string of the molecule is Cc1c(F)cc(N)cc1S(=O)(=O)Nc1cc(F)cc(F)c1. The average Bonchev–Trinajstić information content (AvgIpc) is 2.31. The van der Waals surface area contributed by atoms with E-state index >= 15 is 0 Å². The molecule has 0 bridgehead atoms. The Balaban J connectivity index is 2.48. The predicted molar refractivity (Wildman–Crippen MR) is 72.7 cm³/mol. The van der Waals surface area contributed by atoms with Crippen molar-refractivity contribution >= 4 is 21.4 Å². The minimum Gasteiger partial charge on any atom is -0.399 e. The molecule has 0 fully saturated rings. The summed E-state index contributed by atoms with van der Waals surface area (Å²) in [5.74, 6) is -2.67. The first-order valence-corrected chi connectivity index (χ1v) is 7.22. The van der Waals surface area contributed by atoms with E-state index in [0.29, 0.717) is 6.07 Å². The number of anilines is 2. The average molecular weight is 316 g/mol. The van der Waals surface area contributed by atoms with Gasteiger partial charge in [-0.05, 0) is 31.2 Å². The van der Waals surface area contributed by atoms with Gasteiger partial charge in [0.2, 0.25) is 0 Å². The van der Waals surface area contributed by atoms with E-state index in [4.69, 9.17) is 5.73 Å². The number of nitrogens with one attached hydrogen (secondary N) is 1. The van der Waals surface area contributed by atoms with Crippen molar-refractivity contribution in [1.82, 2.24) is 0 Å². The Kier molecular flexibility index (Phi) is 3.82. The molecule has 0 aliphatic carbocycles. The maximum atomic E-state index is 13.5. The van der Waals surface area contributed by atoms with E-state index < -0.39 is 32.4 Å². The second-order valence-corrected chi connectivity index (χ2v) is 6.04. The monoisotopic (exact) mass is 316 g/mol. The molecule has 0 aliphatic rings. The van der Waals surface area contributed by atoms with E-state index in [9.17, 15) is 21.6 Å². The van der Waals surface area contributed by atoms with E-state index in [0.717, 1.165) is 24.3 Å². The minimum absolute atomic E-state index is 0.0797. The number of benzene rings is 2. The van der Waals surface area contributed by atoms with E-state index in [1.54, 1.807) is 0 Å². The van der Waals surface area contributed by atoms with Gasteiger partial charge in [0.1, 0.15) is 17.5 Å². The molecule has 4 nitrogen and oxygen atoms in total. The van der Waals surface area contributed by atoms with Crippen molar-refractivity contribution in [3.63, 3.8) is 0 Å². The van der Waals surface area contributed by atoms with Crippen LogP contribution in [0.5, 0.6) is 0 Å². The minimum atomic E-state index is -4.23. The van der Waals surface area contributed by atoms with Gasteiger partial charge in [0, 0.05) is 17.3 Å². The van der Waals surface area contributed by atoms with Crippen LogP contribution in [0.3, 0.4) is 0 Å². The van der Waals surface area contributed by atoms with Crippen LogP contribution < -0.4 is 10.5 Å². The summed E-state index contributed by atoms with van der Waals surface area (Å²) in [4.78, 5) is -0.398. The topological polar surface area (TPSA) is 72.2 Å². The fourth-order valence-electron chi connectivity index (χ4n) is 1.78. The Hall–Kier alpha value is -2.22. The Bertz CT molecular complexity index is 787. The van der Waals surface area contributed by atoms with Gasteiger partial charge in [-0.3, -0.25) is 4.72 Å². The van der Waals surface area contributed by atoms with Crippen molar-refractivity contribution in [3.05, 3.63) is 53.3 Å². The molecule has 0 aromatic heterocycles. The number of sulfonamides is 1. The lowest BCUT2D eigenvalue weighted by molar-refractivity contribution is 0.583. The third-order valence-electron chi connectivity index (χ3n) is 2.72. The van der Waals surface area contributed by atoms with Crippen LogP contribution in [0, 0.1) is 24.4 Å². The van der Waals surface area contributed by atoms with Gasteiger partial charge in [0.15, 0.2) is 0 Å². The van der Waals surface area contributed by atoms with Gasteiger partial charge in [0.05, 0.1) is 10.6 Å². The van der Waals surface area contributed by atoms with E-state index in [-0.39, 0.29) is 16.9 Å². The molecular formula is C13H11F3N2O2S. The number of hydrogen-bond acceptors (Lipinski definition) is 3. The molecule has 0 spiro atoms. The molecule has 3 N–H and O–H groups in total. The van der Waals surface area contributed by atoms with Crippen molar-refractivity contribution < 1.29 is 21.6 Å². The maximum absolute atomic E-state index is 13.5. The zero-order valence-electron chi connectivity index (χ0n) is 10.8. The number of rotatable bonds is 3. The number of hydrogen-bond donors (Lipinski definition) is 2. The molecule has 0 heterocycles. The standard InChI is InChI=1S/C13H11F3N2O2S/c1-7-12(16)5-10(17)6-13(7)21(19,20)18-11-3-8(14)2-9(15)4-11/h2-6,18H,17H2,1H3. The Morgan fingerprint density at radius 2 is 1.57 bits per heavy atom. The first-order chi connectivity index (χ1) is 9.69. The number of halogens is 3. The third-order valence-corrected chi connectivity index (χ3v) is 4.23. The van der Waals surface area contributed by atoms with Gasteiger partial charge in [-0.15, -0.1) is 0 Å². The van der Waals surface area contributed by atoms with Crippen molar-refractivity contribution in [2.75, 3.05) is 10.5 Å². The normalized spacial score (nSPS) is 11.4. The lowest BCUT2D eigenvalue weighted by Gasteiger charge is -2.12. The van der Waals surface area contributed by atoms with Gasteiger partial charge in [-0.25, -0.2) is 21.6 Å². The highest BCUT2D eigenvalue weighted by Gasteiger charge is 2.20. The molecule has 0 amide bonds. The second-order valence-electron chi connectivity index (χ2n) is 4.39. The lowest BCUT2D eigenvalue weighted by Crippen LogP contribution is -2.15. The Morgan fingerprint density at radius 1 is 1.00 bits per heavy atom. The zero-order valence-corrected chi connectivity index (χ0v) is 11.6. The fraction of sp³-hybridized carbons (Fsp3) is 0.0769. The van der Waals surface area contributed by atoms with E-state index in [1.165, 1.54) is 6.92 Å². The van der Waals surface area contributed by atoms with Crippen LogP contribution in [0.4, 0.5) is 24.5 Å². The molecule has 112 valence electrons. The van der Waals surface area contributed by atoms with Crippen LogP contribution in [0.25, 0.3) is 0 Å². The smallest absolute Gasteiger partial charge is 0.262 e. The van der Waals surface area contributed by atoms with Crippen LogP contribution in [0.1, 0.15) is 5.56 Å². The molecule has 0 unspecified atom stereocenters. The van der Waals surface area contributed by atoms with Crippen LogP contribution in [0.2, 0.25) is 0 Å². The van der Waals surface area contributed by atoms with Gasteiger partial charge >= 0.3 is 0 Å². The molecule has 0 saturated heterocycles. The Labute approximate surface area is 119 Å². The highest BCUT2D eigenvalue weighted by Crippen LogP contribution is 2.24. The summed E-state index contributed by atoms with van der Waals surface area (Å²) in [6.07, 6.45) is 0. The molecule has 0 aliphatic heterocycles. The van der Waals surface area contributed by atoms with Crippen LogP contribution in [-0.2, 0) is 10.0 Å². The van der Waals surface area contributed by atoms with Crippen molar-refractivity contribution in [2.24, 2.45) is 0 Å². The van der Waals surface area contributed by atoms with Gasteiger partial charge in [0.25, 0.3) is 10.0 Å². The van der Waals surface area contributed by atoms with Crippen molar-refractivity contribution in [2.45, 2.75) is 11.8 Å². The number of nitrogens with two attached hydrogens (primary N) is 1. The van der Waals surface area contributed by atoms with Crippen LogP contribution in [0.15, 0.2) is 35.2 Å². The van der Waals surface area contributed by atoms with Gasteiger partial charge in [-0.1, -0.05) is 0 Å². The predicted octanol–water partition coefficient (Wildman–Crippen LogP) is 2.80. The molecule has 0 atom stereocenters. The third kappa shape index (κ3) is 3.27. The lowest BCUT2D eigenvalue weighted by atomic mass is 10.2. The molecular weight excluding hydrogens is 305 g/mol. The molecule has 0 saturated carbocycles. The molecule has 0 radical (unpaired) electrons. The summed E-state index contributed by atoms with van der Waals surface area (Å²) < 4.78 is 66.0. The van der Waals surface area contributed by atoms with Crippen molar-refractivity contribution in [3.8, 4) is 0 Å². The zero-order chi connectivity index (χ0) is 15.8. The molecule has 21 heavy (non-hydrogen) atoms. The highest BCUT2D eigenvalue weighted by atomic mass is 32.2. The molecule has 2 aromatic carbocycles. The Morgan fingerprint density at radius 3 is 2.14 bits per heavy atom. The maximum Gasteiger partial charge on any atom is 0.262 e. The van der Waals surface area contributed by atoms with E-state index in [2.05, 4.69) is 0 Å². The summed E-state index contributed by atoms with van der Waals surface area (Å²) in [7, 11) is -4.23. The fourth-order valence-corrected chi connectivity index (χ4v) is 3.11. The summed E-state index contributed by atoms with van der Waals surface area (Å²) >= 11 is 0. The van der Waals surface area contributed by atoms with Crippen LogP contribution in [-0.4, -0.2) is 8.42 Å². The summed E-state index contributed by atoms with van der Waals surface area (Å²) in [5, 5.41) is 0. The molecule has 2 aromatic rings. The first-order valence-electron chi connectivity index (χ1n) is 5.73. The summed E-state index contributed by atoms with van der Waals surface area (Å²) in [6.45, 7) is 1.26. The van der Waals surface area contributed by atoms with Gasteiger partial charge < -0.3 is 5.73 Å². The highest BCUT2D eigenvalue weighted by molar-refractivity contribution is 7.92.